The first-order valence-electron chi connectivity index (χ1n) is 10.4. The van der Waals surface area contributed by atoms with Gasteiger partial charge in [-0.1, -0.05) is 18.2 Å². The maximum Gasteiger partial charge on any atom is 0.311 e. The number of amides is 1. The molecule has 0 atom stereocenters. The second-order valence-corrected chi connectivity index (χ2v) is 10.7. The van der Waals surface area contributed by atoms with Crippen molar-refractivity contribution in [2.75, 3.05) is 23.9 Å². The molecule has 1 aromatic carbocycles. The summed E-state index contributed by atoms with van der Waals surface area (Å²) in [5.74, 6) is -0.180. The SMILES string of the molecule is O=C(c1nnc(-c2csc(S(=O)(=O)N3CCCc4ccccc43)c2)o1)N1CCCCC1. The predicted molar refractivity (Wildman–Crippen MR) is 117 cm³/mol. The Balaban J connectivity index is 1.39. The van der Waals surface area contributed by atoms with Gasteiger partial charge in [0.25, 0.3) is 10.0 Å². The summed E-state index contributed by atoms with van der Waals surface area (Å²) < 4.78 is 33.9. The molecule has 0 spiro atoms. The predicted octanol–water partition coefficient (Wildman–Crippen LogP) is 3.57. The Morgan fingerprint density at radius 2 is 1.84 bits per heavy atom. The summed E-state index contributed by atoms with van der Waals surface area (Å²) in [6.07, 6.45) is 4.70. The van der Waals surface area contributed by atoms with E-state index in [2.05, 4.69) is 10.2 Å². The summed E-state index contributed by atoms with van der Waals surface area (Å²) >= 11 is 1.11. The van der Waals surface area contributed by atoms with Crippen LogP contribution in [0.15, 0.2) is 44.3 Å². The molecule has 2 aliphatic rings. The van der Waals surface area contributed by atoms with Crippen molar-refractivity contribution in [1.82, 2.24) is 15.1 Å². The molecule has 31 heavy (non-hydrogen) atoms. The minimum Gasteiger partial charge on any atom is -0.412 e. The van der Waals surface area contributed by atoms with Gasteiger partial charge in [-0.15, -0.1) is 21.5 Å². The summed E-state index contributed by atoms with van der Waals surface area (Å²) in [5.41, 5.74) is 2.27. The van der Waals surface area contributed by atoms with Gasteiger partial charge >= 0.3 is 11.8 Å². The summed E-state index contributed by atoms with van der Waals surface area (Å²) in [7, 11) is -3.70. The zero-order valence-corrected chi connectivity index (χ0v) is 18.5. The maximum atomic E-state index is 13.3. The van der Waals surface area contributed by atoms with Crippen LogP contribution in [0.25, 0.3) is 11.5 Å². The van der Waals surface area contributed by atoms with Gasteiger partial charge in [-0.3, -0.25) is 9.10 Å². The summed E-state index contributed by atoms with van der Waals surface area (Å²) in [6, 6.07) is 9.13. The third-order valence-corrected chi connectivity index (χ3v) is 8.91. The normalized spacial score (nSPS) is 16.9. The number of likely N-dealkylation sites (tertiary alicyclic amines) is 1. The van der Waals surface area contributed by atoms with E-state index in [1.807, 2.05) is 24.3 Å². The van der Waals surface area contributed by atoms with Gasteiger partial charge in [0.05, 0.1) is 11.3 Å². The highest BCUT2D eigenvalue weighted by Crippen LogP contribution is 2.35. The van der Waals surface area contributed by atoms with Crippen molar-refractivity contribution in [2.24, 2.45) is 0 Å². The fourth-order valence-electron chi connectivity index (χ4n) is 4.08. The van der Waals surface area contributed by atoms with Gasteiger partial charge in [-0.2, -0.15) is 0 Å². The molecule has 0 bridgehead atoms. The molecular formula is C21H22N4O4S2. The lowest BCUT2D eigenvalue weighted by molar-refractivity contribution is 0.0684. The number of nitrogens with zero attached hydrogens (tertiary/aromatic N) is 4. The van der Waals surface area contributed by atoms with Crippen molar-refractivity contribution >= 4 is 33.0 Å². The lowest BCUT2D eigenvalue weighted by Gasteiger charge is -2.29. The Labute approximate surface area is 184 Å². The lowest BCUT2D eigenvalue weighted by atomic mass is 10.0. The van der Waals surface area contributed by atoms with Crippen LogP contribution >= 0.6 is 11.3 Å². The molecule has 5 rings (SSSR count). The van der Waals surface area contributed by atoms with Crippen LogP contribution in [0.3, 0.4) is 0 Å². The van der Waals surface area contributed by atoms with E-state index in [0.717, 1.165) is 54.7 Å². The maximum absolute atomic E-state index is 13.3. The van der Waals surface area contributed by atoms with E-state index < -0.39 is 10.0 Å². The fraction of sp³-hybridized carbons (Fsp3) is 0.381. The number of carbonyl (C=O) groups excluding carboxylic acids is 1. The average molecular weight is 459 g/mol. The highest BCUT2D eigenvalue weighted by atomic mass is 32.2. The molecule has 8 nitrogen and oxygen atoms in total. The van der Waals surface area contributed by atoms with Crippen molar-refractivity contribution in [3.8, 4) is 11.5 Å². The Morgan fingerprint density at radius 3 is 2.68 bits per heavy atom. The molecule has 4 heterocycles. The molecule has 0 radical (unpaired) electrons. The van der Waals surface area contributed by atoms with Crippen LogP contribution in [0.5, 0.6) is 0 Å². The number of fused-ring (bicyclic) bond motifs is 1. The Bertz CT molecular complexity index is 1210. The number of aromatic nitrogens is 2. The summed E-state index contributed by atoms with van der Waals surface area (Å²) in [5, 5.41) is 9.55. The fourth-order valence-corrected chi connectivity index (χ4v) is 6.89. The quantitative estimate of drug-likeness (QED) is 0.593. The second-order valence-electron chi connectivity index (χ2n) is 7.73. The highest BCUT2D eigenvalue weighted by molar-refractivity contribution is 7.94. The molecule has 1 amide bonds. The van der Waals surface area contributed by atoms with Gasteiger partial charge in [-0.25, -0.2) is 8.42 Å². The number of anilines is 1. The zero-order chi connectivity index (χ0) is 21.4. The van der Waals surface area contributed by atoms with Crippen LogP contribution in [0, 0.1) is 0 Å². The first-order chi connectivity index (χ1) is 15.0. The van der Waals surface area contributed by atoms with Crippen LogP contribution in [0.2, 0.25) is 0 Å². The van der Waals surface area contributed by atoms with Gasteiger partial charge in [0.1, 0.15) is 4.21 Å². The Hall–Kier alpha value is -2.72. The Kier molecular flexibility index (Phi) is 5.27. The number of hydrogen-bond donors (Lipinski definition) is 0. The Morgan fingerprint density at radius 1 is 1.03 bits per heavy atom. The number of sulfonamides is 1. The molecule has 1 saturated heterocycles. The van der Waals surface area contributed by atoms with Gasteiger partial charge in [0.2, 0.25) is 5.89 Å². The smallest absolute Gasteiger partial charge is 0.311 e. The van der Waals surface area contributed by atoms with E-state index in [0.29, 0.717) is 25.2 Å². The van der Waals surface area contributed by atoms with E-state index in [1.165, 1.54) is 4.31 Å². The third kappa shape index (κ3) is 3.74. The van der Waals surface area contributed by atoms with Gasteiger partial charge in [0, 0.05) is 25.0 Å². The lowest BCUT2D eigenvalue weighted by Crippen LogP contribution is -2.35. The zero-order valence-electron chi connectivity index (χ0n) is 16.9. The minimum absolute atomic E-state index is 0.0579. The third-order valence-electron chi connectivity index (χ3n) is 5.69. The number of rotatable bonds is 4. The van der Waals surface area contributed by atoms with Crippen LogP contribution in [0.1, 0.15) is 41.9 Å². The largest absolute Gasteiger partial charge is 0.412 e. The number of carbonyl (C=O) groups is 1. The molecule has 0 unspecified atom stereocenters. The van der Waals surface area contributed by atoms with Crippen molar-refractivity contribution in [3.63, 3.8) is 0 Å². The number of benzene rings is 1. The molecule has 1 fully saturated rings. The van der Waals surface area contributed by atoms with E-state index in [4.69, 9.17) is 4.42 Å². The van der Waals surface area contributed by atoms with Gasteiger partial charge in [0.15, 0.2) is 0 Å². The van der Waals surface area contributed by atoms with Gasteiger partial charge < -0.3 is 9.32 Å². The van der Waals surface area contributed by atoms with E-state index in [-0.39, 0.29) is 21.9 Å². The van der Waals surface area contributed by atoms with E-state index in [9.17, 15) is 13.2 Å². The molecule has 0 saturated carbocycles. The topological polar surface area (TPSA) is 96.6 Å². The van der Waals surface area contributed by atoms with Crippen molar-refractivity contribution in [2.45, 2.75) is 36.3 Å². The van der Waals surface area contributed by atoms with Crippen LogP contribution in [-0.4, -0.2) is 49.1 Å². The first-order valence-corrected chi connectivity index (χ1v) is 12.7. The molecule has 0 aliphatic carbocycles. The molecule has 0 N–H and O–H groups in total. The standard InChI is InChI=1S/C21H22N4O4S2/c26-21(24-10-4-1-5-11-24)20-23-22-19(29-20)16-13-18(30-14-16)31(27,28)25-12-6-8-15-7-2-3-9-17(15)25/h2-3,7,9,13-14H,1,4-6,8,10-12H2. The number of piperidine rings is 1. The molecule has 3 aromatic rings. The van der Waals surface area contributed by atoms with E-state index >= 15 is 0 Å². The van der Waals surface area contributed by atoms with Crippen molar-refractivity contribution < 1.29 is 17.6 Å². The molecule has 10 heteroatoms. The number of thiophene rings is 1. The average Bonchev–Trinajstić information content (AvgIpc) is 3.49. The van der Waals surface area contributed by atoms with Crippen molar-refractivity contribution in [3.05, 3.63) is 47.2 Å². The molecular weight excluding hydrogens is 436 g/mol. The molecule has 2 aliphatic heterocycles. The van der Waals surface area contributed by atoms with Crippen LogP contribution in [0.4, 0.5) is 5.69 Å². The van der Waals surface area contributed by atoms with Crippen LogP contribution in [-0.2, 0) is 16.4 Å². The number of para-hydroxylation sites is 1. The summed E-state index contributed by atoms with van der Waals surface area (Å²) in [6.45, 7) is 1.82. The second kappa shape index (κ2) is 8.08. The van der Waals surface area contributed by atoms with Crippen LogP contribution < -0.4 is 4.31 Å². The number of aryl methyl sites for hydroxylation is 1. The summed E-state index contributed by atoms with van der Waals surface area (Å²) in [4.78, 5) is 14.3. The molecule has 162 valence electrons. The monoisotopic (exact) mass is 458 g/mol. The van der Waals surface area contributed by atoms with Gasteiger partial charge in [-0.05, 0) is 49.8 Å². The van der Waals surface area contributed by atoms with E-state index in [1.54, 1.807) is 16.3 Å². The van der Waals surface area contributed by atoms with Crippen molar-refractivity contribution in [1.29, 1.82) is 0 Å². The molecule has 2 aromatic heterocycles. The minimum atomic E-state index is -3.70. The highest BCUT2D eigenvalue weighted by Gasteiger charge is 2.31. The number of hydrogen-bond acceptors (Lipinski definition) is 7. The first kappa shape index (κ1) is 20.2.